The molecule has 0 radical (unpaired) electrons. The summed E-state index contributed by atoms with van der Waals surface area (Å²) in [5.41, 5.74) is 3.59. The largest absolute Gasteiger partial charge is 0.334 e. The molecule has 1 aliphatic carbocycles. The summed E-state index contributed by atoms with van der Waals surface area (Å²) < 4.78 is 1.97. The number of aromatic nitrogens is 4. The first kappa shape index (κ1) is 18.2. The first-order valence-electron chi connectivity index (χ1n) is 9.84. The number of fused-ring (bicyclic) bond motifs is 1. The molecule has 3 heterocycles. The highest BCUT2D eigenvalue weighted by atomic mass is 16.1. The summed E-state index contributed by atoms with van der Waals surface area (Å²) in [5.74, 6) is -0.0259. The van der Waals surface area contributed by atoms with Crippen LogP contribution in [0.2, 0.25) is 0 Å². The van der Waals surface area contributed by atoms with Crippen LogP contribution < -0.4 is 0 Å². The van der Waals surface area contributed by atoms with Crippen LogP contribution in [0.25, 0.3) is 22.0 Å². The summed E-state index contributed by atoms with van der Waals surface area (Å²) in [7, 11) is 1.96. The molecule has 1 aromatic carbocycles. The number of hydrogen-bond acceptors (Lipinski definition) is 5. The van der Waals surface area contributed by atoms with Crippen LogP contribution >= 0.6 is 0 Å². The van der Waals surface area contributed by atoms with E-state index in [4.69, 9.17) is 0 Å². The van der Waals surface area contributed by atoms with E-state index in [0.29, 0.717) is 11.3 Å². The number of benzene rings is 1. The van der Waals surface area contributed by atoms with Gasteiger partial charge in [0.05, 0.1) is 41.8 Å². The highest BCUT2D eigenvalue weighted by Gasteiger charge is 2.46. The standard InChI is InChI=1S/C24H19N5O/c1-29-15-26-13-21(29)16-2-3-18-12-28-20(9-19(18)8-16)11-22(30)17-4-7-27-23(10-17)24(14-25)5-6-24/h2-4,7-10,12-13,15H,5-6,11H2,1H3. The van der Waals surface area contributed by atoms with E-state index >= 15 is 0 Å². The number of nitrogens with zero attached hydrogens (tertiary/aromatic N) is 5. The van der Waals surface area contributed by atoms with Crippen LogP contribution in [-0.2, 0) is 18.9 Å². The number of rotatable bonds is 5. The van der Waals surface area contributed by atoms with Crippen molar-refractivity contribution in [3.8, 4) is 17.3 Å². The Balaban J connectivity index is 1.43. The SMILES string of the molecule is Cn1cncc1-c1ccc2cnc(CC(=O)c3ccnc(C4(C#N)CC4)c3)cc2c1. The third-order valence-electron chi connectivity index (χ3n) is 5.77. The lowest BCUT2D eigenvalue weighted by Gasteiger charge is -2.08. The van der Waals surface area contributed by atoms with E-state index in [2.05, 4.69) is 27.1 Å². The van der Waals surface area contributed by atoms with Gasteiger partial charge in [-0.05, 0) is 42.5 Å². The Morgan fingerprint density at radius 1 is 1.13 bits per heavy atom. The minimum atomic E-state index is -0.500. The molecule has 0 atom stereocenters. The predicted molar refractivity (Wildman–Crippen MR) is 113 cm³/mol. The Morgan fingerprint density at radius 2 is 2.00 bits per heavy atom. The fourth-order valence-corrected chi connectivity index (χ4v) is 3.76. The van der Waals surface area contributed by atoms with Crippen molar-refractivity contribution < 1.29 is 4.79 Å². The van der Waals surface area contributed by atoms with Crippen LogP contribution in [0.4, 0.5) is 0 Å². The number of Topliss-reactive ketones (excluding diaryl/α,β-unsaturated/α-hetero) is 1. The number of pyridine rings is 2. The molecule has 146 valence electrons. The molecule has 0 N–H and O–H groups in total. The van der Waals surface area contributed by atoms with Gasteiger partial charge in [0.1, 0.15) is 0 Å². The molecule has 3 aromatic heterocycles. The van der Waals surface area contributed by atoms with E-state index in [1.807, 2.05) is 36.0 Å². The molecule has 0 bridgehead atoms. The molecular weight excluding hydrogens is 374 g/mol. The van der Waals surface area contributed by atoms with Crippen molar-refractivity contribution in [3.05, 3.63) is 78.3 Å². The van der Waals surface area contributed by atoms with E-state index in [-0.39, 0.29) is 12.2 Å². The zero-order valence-electron chi connectivity index (χ0n) is 16.5. The summed E-state index contributed by atoms with van der Waals surface area (Å²) in [6.45, 7) is 0. The quantitative estimate of drug-likeness (QED) is 0.478. The van der Waals surface area contributed by atoms with E-state index < -0.39 is 5.41 Å². The maximum atomic E-state index is 12.9. The Hall–Kier alpha value is -3.85. The fourth-order valence-electron chi connectivity index (χ4n) is 3.76. The maximum Gasteiger partial charge on any atom is 0.168 e. The average Bonchev–Trinajstić information content (AvgIpc) is 3.47. The molecule has 0 saturated heterocycles. The zero-order valence-corrected chi connectivity index (χ0v) is 16.5. The molecule has 0 amide bonds. The van der Waals surface area contributed by atoms with Gasteiger partial charge in [-0.2, -0.15) is 5.26 Å². The Labute approximate surface area is 173 Å². The van der Waals surface area contributed by atoms with Crippen molar-refractivity contribution in [3.63, 3.8) is 0 Å². The molecule has 0 aliphatic heterocycles. The van der Waals surface area contributed by atoms with Crippen LogP contribution in [0.1, 0.15) is 34.6 Å². The number of aryl methyl sites for hydroxylation is 1. The van der Waals surface area contributed by atoms with E-state index in [1.54, 1.807) is 30.9 Å². The smallest absolute Gasteiger partial charge is 0.168 e. The minimum Gasteiger partial charge on any atom is -0.334 e. The predicted octanol–water partition coefficient (Wildman–Crippen LogP) is 4.01. The molecular formula is C24H19N5O. The van der Waals surface area contributed by atoms with Gasteiger partial charge in [0.2, 0.25) is 0 Å². The second kappa shape index (κ2) is 6.89. The summed E-state index contributed by atoms with van der Waals surface area (Å²) in [5, 5.41) is 11.4. The first-order chi connectivity index (χ1) is 14.6. The number of imidazole rings is 1. The van der Waals surface area contributed by atoms with Gasteiger partial charge in [-0.25, -0.2) is 4.98 Å². The van der Waals surface area contributed by atoms with Crippen molar-refractivity contribution in [2.45, 2.75) is 24.7 Å². The summed E-state index contributed by atoms with van der Waals surface area (Å²) in [6, 6.07) is 13.9. The van der Waals surface area contributed by atoms with Gasteiger partial charge >= 0.3 is 0 Å². The normalized spacial score (nSPS) is 14.4. The van der Waals surface area contributed by atoms with Crippen LogP contribution in [0.3, 0.4) is 0 Å². The van der Waals surface area contributed by atoms with Gasteiger partial charge < -0.3 is 4.57 Å². The molecule has 30 heavy (non-hydrogen) atoms. The van der Waals surface area contributed by atoms with Crippen molar-refractivity contribution in [1.29, 1.82) is 5.26 Å². The van der Waals surface area contributed by atoms with Crippen molar-refractivity contribution in [1.82, 2.24) is 19.5 Å². The molecule has 4 aromatic rings. The van der Waals surface area contributed by atoms with E-state index in [9.17, 15) is 10.1 Å². The minimum absolute atomic E-state index is 0.0259. The molecule has 6 nitrogen and oxygen atoms in total. The summed E-state index contributed by atoms with van der Waals surface area (Å²) >= 11 is 0. The monoisotopic (exact) mass is 393 g/mol. The van der Waals surface area contributed by atoms with E-state index in [1.165, 1.54) is 0 Å². The van der Waals surface area contributed by atoms with Crippen LogP contribution in [0, 0.1) is 11.3 Å². The number of carbonyl (C=O) groups is 1. The molecule has 1 saturated carbocycles. The van der Waals surface area contributed by atoms with Crippen molar-refractivity contribution in [2.75, 3.05) is 0 Å². The lowest BCUT2D eigenvalue weighted by Crippen LogP contribution is -2.10. The van der Waals surface area contributed by atoms with Gasteiger partial charge in [0.25, 0.3) is 0 Å². The van der Waals surface area contributed by atoms with Crippen molar-refractivity contribution >= 4 is 16.6 Å². The second-order valence-electron chi connectivity index (χ2n) is 7.85. The third kappa shape index (κ3) is 3.15. The number of nitriles is 1. The highest BCUT2D eigenvalue weighted by Crippen LogP contribution is 2.46. The summed E-state index contributed by atoms with van der Waals surface area (Å²) in [4.78, 5) is 25.9. The second-order valence-corrected chi connectivity index (χ2v) is 7.85. The lowest BCUT2D eigenvalue weighted by atomic mass is 9.99. The van der Waals surface area contributed by atoms with E-state index in [0.717, 1.165) is 40.6 Å². The van der Waals surface area contributed by atoms with Crippen LogP contribution in [0.15, 0.2) is 61.3 Å². The van der Waals surface area contributed by atoms with Gasteiger partial charge in [-0.3, -0.25) is 14.8 Å². The van der Waals surface area contributed by atoms with Crippen LogP contribution in [0.5, 0.6) is 0 Å². The molecule has 1 fully saturated rings. The first-order valence-corrected chi connectivity index (χ1v) is 9.84. The van der Waals surface area contributed by atoms with Gasteiger partial charge in [-0.15, -0.1) is 0 Å². The number of ketones is 1. The van der Waals surface area contributed by atoms with Crippen molar-refractivity contribution in [2.24, 2.45) is 7.05 Å². The molecule has 5 rings (SSSR count). The molecule has 6 heteroatoms. The Bertz CT molecular complexity index is 1330. The molecule has 1 aliphatic rings. The van der Waals surface area contributed by atoms with Gasteiger partial charge in [0, 0.05) is 41.6 Å². The Kier molecular flexibility index (Phi) is 4.18. The highest BCUT2D eigenvalue weighted by molar-refractivity contribution is 5.98. The van der Waals surface area contributed by atoms with Gasteiger partial charge in [-0.1, -0.05) is 12.1 Å². The topological polar surface area (TPSA) is 84.5 Å². The zero-order chi connectivity index (χ0) is 20.7. The lowest BCUT2D eigenvalue weighted by molar-refractivity contribution is 0.0991. The van der Waals surface area contributed by atoms with Gasteiger partial charge in [0.15, 0.2) is 5.78 Å². The van der Waals surface area contributed by atoms with Crippen LogP contribution in [-0.4, -0.2) is 25.3 Å². The molecule has 0 spiro atoms. The fraction of sp³-hybridized carbons (Fsp3) is 0.208. The number of hydrogen-bond donors (Lipinski definition) is 0. The number of carbonyl (C=O) groups excluding carboxylic acids is 1. The maximum absolute atomic E-state index is 12.9. The molecule has 0 unspecified atom stereocenters. The Morgan fingerprint density at radius 3 is 2.73 bits per heavy atom. The summed E-state index contributed by atoms with van der Waals surface area (Å²) in [6.07, 6.45) is 8.85. The average molecular weight is 393 g/mol. The third-order valence-corrected chi connectivity index (χ3v) is 5.77.